The molecule has 1 saturated heterocycles. The number of carbonyl (C=O) groups excluding carboxylic acids is 1. The van der Waals surface area contributed by atoms with Crippen LogP contribution in [0.3, 0.4) is 0 Å². The van der Waals surface area contributed by atoms with E-state index in [1.54, 1.807) is 12.1 Å². The molecule has 0 aromatic heterocycles. The molecule has 0 amide bonds. The number of carbonyl (C=O) groups is 1. The minimum atomic E-state index is -3.82. The highest BCUT2D eigenvalue weighted by atomic mass is 32.2. The molecule has 0 saturated carbocycles. The van der Waals surface area contributed by atoms with Crippen molar-refractivity contribution in [3.05, 3.63) is 58.1 Å². The van der Waals surface area contributed by atoms with E-state index in [9.17, 15) is 23.3 Å². The normalized spacial score (nSPS) is 17.7. The molecule has 0 spiro atoms. The van der Waals surface area contributed by atoms with Crippen molar-refractivity contribution in [2.24, 2.45) is 5.92 Å². The fraction of sp³-hybridized carbons (Fsp3) is 0.350. The van der Waals surface area contributed by atoms with Crippen LogP contribution in [0, 0.1) is 16.0 Å². The number of ether oxygens (including phenoxy) is 1. The van der Waals surface area contributed by atoms with E-state index in [4.69, 9.17) is 4.74 Å². The molecule has 0 bridgehead atoms. The molecule has 1 heterocycles. The third kappa shape index (κ3) is 4.63. The SMILES string of the molecule is CC(=O)c1ccc(Oc2ccc(S(=O)(=O)N3CCC[C@@H](C)C3)cc2[N+](=O)[O-])cc1. The molecule has 29 heavy (non-hydrogen) atoms. The van der Waals surface area contributed by atoms with Crippen molar-refractivity contribution in [1.29, 1.82) is 0 Å². The van der Waals surface area contributed by atoms with Gasteiger partial charge >= 0.3 is 5.69 Å². The number of hydrogen-bond donors (Lipinski definition) is 0. The number of piperidine rings is 1. The van der Waals surface area contributed by atoms with Crippen LogP contribution in [0.25, 0.3) is 0 Å². The van der Waals surface area contributed by atoms with Crippen LogP contribution in [0.2, 0.25) is 0 Å². The summed E-state index contributed by atoms with van der Waals surface area (Å²) in [5.41, 5.74) is 0.0517. The minimum Gasteiger partial charge on any atom is -0.450 e. The minimum absolute atomic E-state index is 0.0727. The van der Waals surface area contributed by atoms with Gasteiger partial charge in [-0.1, -0.05) is 6.92 Å². The third-order valence-electron chi connectivity index (χ3n) is 4.87. The van der Waals surface area contributed by atoms with Crippen LogP contribution < -0.4 is 4.74 Å². The highest BCUT2D eigenvalue weighted by molar-refractivity contribution is 7.89. The third-order valence-corrected chi connectivity index (χ3v) is 6.73. The smallest absolute Gasteiger partial charge is 0.312 e. The lowest BCUT2D eigenvalue weighted by Crippen LogP contribution is -2.39. The molecule has 0 aliphatic carbocycles. The predicted molar refractivity (Wildman–Crippen MR) is 107 cm³/mol. The topological polar surface area (TPSA) is 107 Å². The summed E-state index contributed by atoms with van der Waals surface area (Å²) >= 11 is 0. The zero-order valence-corrected chi connectivity index (χ0v) is 17.0. The molecular weight excluding hydrogens is 396 g/mol. The first-order valence-electron chi connectivity index (χ1n) is 9.26. The molecule has 0 unspecified atom stereocenters. The van der Waals surface area contributed by atoms with Crippen LogP contribution in [-0.2, 0) is 10.0 Å². The fourth-order valence-corrected chi connectivity index (χ4v) is 4.90. The summed E-state index contributed by atoms with van der Waals surface area (Å²) in [5, 5.41) is 11.5. The van der Waals surface area contributed by atoms with Gasteiger partial charge in [0.15, 0.2) is 5.78 Å². The van der Waals surface area contributed by atoms with Crippen molar-refractivity contribution in [2.45, 2.75) is 31.6 Å². The van der Waals surface area contributed by atoms with Gasteiger partial charge in [-0.05, 0) is 62.1 Å². The van der Waals surface area contributed by atoms with Gasteiger partial charge in [-0.15, -0.1) is 0 Å². The zero-order chi connectivity index (χ0) is 21.2. The van der Waals surface area contributed by atoms with Crippen LogP contribution in [-0.4, -0.2) is 36.5 Å². The molecule has 1 fully saturated rings. The first-order valence-corrected chi connectivity index (χ1v) is 10.7. The average molecular weight is 418 g/mol. The molecule has 1 aliphatic heterocycles. The second-order valence-electron chi connectivity index (χ2n) is 7.18. The van der Waals surface area contributed by atoms with Crippen molar-refractivity contribution < 1.29 is 22.9 Å². The molecule has 0 N–H and O–H groups in total. The van der Waals surface area contributed by atoms with E-state index in [0.29, 0.717) is 24.4 Å². The number of benzene rings is 2. The van der Waals surface area contributed by atoms with Gasteiger partial charge in [0, 0.05) is 24.7 Å². The standard InChI is InChI=1S/C20H22N2O6S/c1-14-4-3-11-21(13-14)29(26,27)18-9-10-20(19(12-18)22(24)25)28-17-7-5-16(6-8-17)15(2)23/h5-10,12,14H,3-4,11,13H2,1-2H3/t14-/m1/s1. The first kappa shape index (κ1) is 20.9. The highest BCUT2D eigenvalue weighted by Crippen LogP contribution is 2.35. The Morgan fingerprint density at radius 1 is 1.21 bits per heavy atom. The summed E-state index contributed by atoms with van der Waals surface area (Å²) in [7, 11) is -3.82. The van der Waals surface area contributed by atoms with E-state index in [2.05, 4.69) is 0 Å². The predicted octanol–water partition coefficient (Wildman–Crippen LogP) is 4.01. The van der Waals surface area contributed by atoms with Crippen molar-refractivity contribution in [2.75, 3.05) is 13.1 Å². The van der Waals surface area contributed by atoms with Crippen molar-refractivity contribution in [3.8, 4) is 11.5 Å². The number of sulfonamides is 1. The molecule has 154 valence electrons. The van der Waals surface area contributed by atoms with E-state index >= 15 is 0 Å². The molecular formula is C20H22N2O6S. The van der Waals surface area contributed by atoms with E-state index < -0.39 is 20.6 Å². The first-order chi connectivity index (χ1) is 13.7. The average Bonchev–Trinajstić information content (AvgIpc) is 2.68. The summed E-state index contributed by atoms with van der Waals surface area (Å²) in [4.78, 5) is 22.1. The highest BCUT2D eigenvalue weighted by Gasteiger charge is 2.31. The molecule has 8 nitrogen and oxygen atoms in total. The summed E-state index contributed by atoms with van der Waals surface area (Å²) in [6.45, 7) is 4.22. The van der Waals surface area contributed by atoms with Gasteiger partial charge in [0.2, 0.25) is 15.8 Å². The number of nitrogens with zero attached hydrogens (tertiary/aromatic N) is 2. The monoisotopic (exact) mass is 418 g/mol. The summed E-state index contributed by atoms with van der Waals surface area (Å²) in [6.07, 6.45) is 1.72. The summed E-state index contributed by atoms with van der Waals surface area (Å²) in [5.74, 6) is 0.369. The van der Waals surface area contributed by atoms with Crippen LogP contribution in [0.15, 0.2) is 47.4 Å². The lowest BCUT2D eigenvalue weighted by atomic mass is 10.0. The van der Waals surface area contributed by atoms with E-state index in [1.807, 2.05) is 6.92 Å². The van der Waals surface area contributed by atoms with Gasteiger partial charge in [0.1, 0.15) is 5.75 Å². The quantitative estimate of drug-likeness (QED) is 0.398. The maximum absolute atomic E-state index is 12.9. The molecule has 2 aromatic carbocycles. The number of rotatable bonds is 6. The van der Waals surface area contributed by atoms with Crippen LogP contribution in [0.4, 0.5) is 5.69 Å². The lowest BCUT2D eigenvalue weighted by molar-refractivity contribution is -0.385. The second-order valence-corrected chi connectivity index (χ2v) is 9.12. The number of Topliss-reactive ketones (excluding diaryl/α,β-unsaturated/α-hetero) is 1. The maximum atomic E-state index is 12.9. The zero-order valence-electron chi connectivity index (χ0n) is 16.2. The van der Waals surface area contributed by atoms with Gasteiger partial charge in [0.25, 0.3) is 0 Å². The molecule has 9 heteroatoms. The summed E-state index contributed by atoms with van der Waals surface area (Å²) in [6, 6.07) is 9.81. The Hall–Kier alpha value is -2.78. The Morgan fingerprint density at radius 2 is 1.90 bits per heavy atom. The molecule has 1 atom stereocenters. The van der Waals surface area contributed by atoms with Crippen LogP contribution in [0.1, 0.15) is 37.0 Å². The Labute approximate surface area is 169 Å². The van der Waals surface area contributed by atoms with Crippen LogP contribution in [0.5, 0.6) is 11.5 Å². The molecule has 2 aromatic rings. The van der Waals surface area contributed by atoms with Gasteiger partial charge in [0.05, 0.1) is 9.82 Å². The fourth-order valence-electron chi connectivity index (χ4n) is 3.28. The Balaban J connectivity index is 1.91. The Morgan fingerprint density at radius 3 is 2.48 bits per heavy atom. The van der Waals surface area contributed by atoms with E-state index in [0.717, 1.165) is 18.9 Å². The van der Waals surface area contributed by atoms with Gasteiger partial charge in [-0.2, -0.15) is 4.31 Å². The molecule has 1 aliphatic rings. The van der Waals surface area contributed by atoms with Crippen molar-refractivity contribution >= 4 is 21.5 Å². The largest absolute Gasteiger partial charge is 0.450 e. The van der Waals surface area contributed by atoms with Crippen molar-refractivity contribution in [3.63, 3.8) is 0 Å². The van der Waals surface area contributed by atoms with E-state index in [-0.39, 0.29) is 22.3 Å². The van der Waals surface area contributed by atoms with Crippen LogP contribution >= 0.6 is 0 Å². The number of nitro groups is 1. The Bertz CT molecular complexity index is 1030. The second kappa shape index (κ2) is 8.30. The number of nitro benzene ring substituents is 1. The Kier molecular flexibility index (Phi) is 5.99. The molecule has 3 rings (SSSR count). The number of ketones is 1. The van der Waals surface area contributed by atoms with Gasteiger partial charge in [-0.3, -0.25) is 14.9 Å². The van der Waals surface area contributed by atoms with E-state index in [1.165, 1.54) is 35.5 Å². The number of hydrogen-bond acceptors (Lipinski definition) is 6. The van der Waals surface area contributed by atoms with Crippen molar-refractivity contribution in [1.82, 2.24) is 4.31 Å². The van der Waals surface area contributed by atoms with Gasteiger partial charge < -0.3 is 4.74 Å². The maximum Gasteiger partial charge on any atom is 0.312 e. The lowest BCUT2D eigenvalue weighted by Gasteiger charge is -2.30. The van der Waals surface area contributed by atoms with Gasteiger partial charge in [-0.25, -0.2) is 8.42 Å². The molecule has 0 radical (unpaired) electrons. The summed E-state index contributed by atoms with van der Waals surface area (Å²) < 4.78 is 32.8.